The second-order valence-corrected chi connectivity index (χ2v) is 6.50. The van der Waals surface area contributed by atoms with Gasteiger partial charge < -0.3 is 9.84 Å². The van der Waals surface area contributed by atoms with E-state index in [4.69, 9.17) is 4.74 Å². The first-order chi connectivity index (χ1) is 9.40. The van der Waals surface area contributed by atoms with E-state index in [1.54, 1.807) is 25.7 Å². The van der Waals surface area contributed by atoms with Crippen molar-refractivity contribution >= 4 is 17.7 Å². The monoisotopic (exact) mass is 298 g/mol. The largest absolute Gasteiger partial charge is 0.501 e. The Bertz CT molecular complexity index is 591. The molecule has 0 bridgehead atoms. The molecule has 0 spiro atoms. The lowest BCUT2D eigenvalue weighted by Crippen LogP contribution is -2.32. The molecule has 110 valence electrons. The first-order valence-corrected chi connectivity index (χ1v) is 7.51. The summed E-state index contributed by atoms with van der Waals surface area (Å²) in [4.78, 5) is 28.1. The van der Waals surface area contributed by atoms with Crippen molar-refractivity contribution in [2.24, 2.45) is 7.05 Å². The average Bonchev–Trinajstić information content (AvgIpc) is 2.84. The standard InChI is InChI=1S/C13H18N2O4S/c1-4-19-11(18)8-9(16)10(17)15(3)12(14-8)13(2)6-5-7-20-13/h16H,4-7H2,1-3H3. The van der Waals surface area contributed by atoms with Crippen molar-refractivity contribution in [2.45, 2.75) is 31.4 Å². The number of ether oxygens (including phenoxy) is 1. The van der Waals surface area contributed by atoms with Crippen LogP contribution in [0.3, 0.4) is 0 Å². The number of nitrogens with zero attached hydrogens (tertiary/aromatic N) is 2. The second kappa shape index (κ2) is 5.47. The first kappa shape index (κ1) is 14.9. The lowest BCUT2D eigenvalue weighted by atomic mass is 10.0. The molecular formula is C13H18N2O4S. The molecule has 0 radical (unpaired) electrons. The third-order valence-electron chi connectivity index (χ3n) is 3.43. The van der Waals surface area contributed by atoms with Gasteiger partial charge in [-0.05, 0) is 32.4 Å². The van der Waals surface area contributed by atoms with Crippen LogP contribution in [0.5, 0.6) is 5.75 Å². The Hall–Kier alpha value is -1.50. The van der Waals surface area contributed by atoms with Gasteiger partial charge in [0.2, 0.25) is 5.75 Å². The molecule has 1 saturated heterocycles. The summed E-state index contributed by atoms with van der Waals surface area (Å²) in [5, 5.41) is 9.82. The molecule has 2 rings (SSSR count). The van der Waals surface area contributed by atoms with Crippen LogP contribution in [0.2, 0.25) is 0 Å². The average molecular weight is 298 g/mol. The highest BCUT2D eigenvalue weighted by Gasteiger charge is 2.37. The van der Waals surface area contributed by atoms with Gasteiger partial charge in [-0.3, -0.25) is 9.36 Å². The summed E-state index contributed by atoms with van der Waals surface area (Å²) >= 11 is 1.70. The molecule has 1 aliphatic heterocycles. The van der Waals surface area contributed by atoms with E-state index in [1.165, 1.54) is 4.57 Å². The highest BCUT2D eigenvalue weighted by Crippen LogP contribution is 2.45. The van der Waals surface area contributed by atoms with Gasteiger partial charge in [0, 0.05) is 7.05 Å². The van der Waals surface area contributed by atoms with Crippen molar-refractivity contribution in [3.8, 4) is 5.75 Å². The molecule has 1 aromatic heterocycles. The molecule has 1 aliphatic rings. The van der Waals surface area contributed by atoms with E-state index < -0.39 is 17.3 Å². The van der Waals surface area contributed by atoms with Crippen LogP contribution < -0.4 is 5.56 Å². The minimum atomic E-state index is -0.768. The summed E-state index contributed by atoms with van der Waals surface area (Å²) in [5.74, 6) is 0.0739. The molecule has 1 fully saturated rings. The Balaban J connectivity index is 2.59. The summed E-state index contributed by atoms with van der Waals surface area (Å²) in [6, 6.07) is 0. The van der Waals surface area contributed by atoms with Crippen molar-refractivity contribution in [1.82, 2.24) is 9.55 Å². The molecule has 1 atom stereocenters. The highest BCUT2D eigenvalue weighted by molar-refractivity contribution is 8.00. The molecule has 1 unspecified atom stereocenters. The lowest BCUT2D eigenvalue weighted by Gasteiger charge is -2.24. The molecule has 0 amide bonds. The number of carbonyl (C=O) groups is 1. The Morgan fingerprint density at radius 3 is 2.85 bits per heavy atom. The third-order valence-corrected chi connectivity index (χ3v) is 4.94. The van der Waals surface area contributed by atoms with Gasteiger partial charge in [-0.15, -0.1) is 11.8 Å². The predicted octanol–water partition coefficient (Wildman–Crippen LogP) is 1.40. The number of aromatic hydroxyl groups is 1. The lowest BCUT2D eigenvalue weighted by molar-refractivity contribution is 0.0514. The van der Waals surface area contributed by atoms with Gasteiger partial charge in [0.25, 0.3) is 5.56 Å². The Kier molecular flexibility index (Phi) is 4.08. The van der Waals surface area contributed by atoms with Crippen LogP contribution in [0, 0.1) is 0 Å². The fourth-order valence-corrected chi connectivity index (χ4v) is 3.70. The molecule has 0 aromatic carbocycles. The zero-order valence-corrected chi connectivity index (χ0v) is 12.6. The number of hydrogen-bond acceptors (Lipinski definition) is 6. The van der Waals surface area contributed by atoms with Crippen LogP contribution in [0.15, 0.2) is 4.79 Å². The number of thioether (sulfide) groups is 1. The zero-order chi connectivity index (χ0) is 14.9. The molecule has 0 saturated carbocycles. The van der Waals surface area contributed by atoms with Gasteiger partial charge in [0.15, 0.2) is 5.69 Å². The Morgan fingerprint density at radius 2 is 2.30 bits per heavy atom. The van der Waals surface area contributed by atoms with Crippen LogP contribution >= 0.6 is 11.8 Å². The number of aromatic nitrogens is 2. The van der Waals surface area contributed by atoms with Crippen LogP contribution in [0.1, 0.15) is 43.0 Å². The Morgan fingerprint density at radius 1 is 1.60 bits per heavy atom. The van der Waals surface area contributed by atoms with E-state index in [2.05, 4.69) is 4.98 Å². The maximum Gasteiger partial charge on any atom is 0.361 e. The molecule has 6 nitrogen and oxygen atoms in total. The smallest absolute Gasteiger partial charge is 0.361 e. The van der Waals surface area contributed by atoms with Crippen LogP contribution in [0.25, 0.3) is 0 Å². The normalized spacial score (nSPS) is 21.9. The van der Waals surface area contributed by atoms with Gasteiger partial charge >= 0.3 is 5.97 Å². The maximum absolute atomic E-state index is 12.1. The highest BCUT2D eigenvalue weighted by atomic mass is 32.2. The van der Waals surface area contributed by atoms with Crippen molar-refractivity contribution in [3.63, 3.8) is 0 Å². The summed E-state index contributed by atoms with van der Waals surface area (Å²) in [6.07, 6.45) is 1.91. The minimum absolute atomic E-state index is 0.163. The number of rotatable bonds is 3. The van der Waals surface area contributed by atoms with Gasteiger partial charge in [0.05, 0.1) is 11.4 Å². The molecule has 20 heavy (non-hydrogen) atoms. The number of esters is 1. The fraction of sp³-hybridized carbons (Fsp3) is 0.615. The third kappa shape index (κ3) is 2.42. The topological polar surface area (TPSA) is 81.4 Å². The Labute approximate surface area is 121 Å². The maximum atomic E-state index is 12.1. The predicted molar refractivity (Wildman–Crippen MR) is 76.1 cm³/mol. The number of hydrogen-bond donors (Lipinski definition) is 1. The quantitative estimate of drug-likeness (QED) is 0.850. The SMILES string of the molecule is CCOC(=O)c1nc(C2(C)CCCS2)n(C)c(=O)c1O. The van der Waals surface area contributed by atoms with Gasteiger partial charge in [-0.1, -0.05) is 0 Å². The molecule has 7 heteroatoms. The van der Waals surface area contributed by atoms with Crippen molar-refractivity contribution in [2.75, 3.05) is 12.4 Å². The van der Waals surface area contributed by atoms with Gasteiger partial charge in [0.1, 0.15) is 5.82 Å². The van der Waals surface area contributed by atoms with Crippen LogP contribution in [-0.4, -0.2) is 33.0 Å². The molecule has 1 N–H and O–H groups in total. The van der Waals surface area contributed by atoms with E-state index in [1.807, 2.05) is 6.92 Å². The molecular weight excluding hydrogens is 280 g/mol. The van der Waals surface area contributed by atoms with Crippen molar-refractivity contribution in [1.29, 1.82) is 0 Å². The summed E-state index contributed by atoms with van der Waals surface area (Å²) in [5.41, 5.74) is -0.912. The van der Waals surface area contributed by atoms with Crippen molar-refractivity contribution in [3.05, 3.63) is 21.9 Å². The van der Waals surface area contributed by atoms with E-state index in [-0.39, 0.29) is 17.0 Å². The van der Waals surface area contributed by atoms with Crippen molar-refractivity contribution < 1.29 is 14.6 Å². The molecule has 1 aromatic rings. The van der Waals surface area contributed by atoms with E-state index in [9.17, 15) is 14.7 Å². The number of carbonyl (C=O) groups excluding carboxylic acids is 1. The molecule has 2 heterocycles. The summed E-state index contributed by atoms with van der Waals surface area (Å²) in [7, 11) is 1.56. The minimum Gasteiger partial charge on any atom is -0.501 e. The molecule has 0 aliphatic carbocycles. The zero-order valence-electron chi connectivity index (χ0n) is 11.8. The van der Waals surface area contributed by atoms with E-state index in [0.29, 0.717) is 5.82 Å². The summed E-state index contributed by atoms with van der Waals surface area (Å²) in [6.45, 7) is 3.82. The van der Waals surface area contributed by atoms with Gasteiger partial charge in [-0.2, -0.15) is 0 Å². The summed E-state index contributed by atoms with van der Waals surface area (Å²) < 4.78 is 5.84. The van der Waals surface area contributed by atoms with Crippen LogP contribution in [-0.2, 0) is 16.5 Å². The second-order valence-electron chi connectivity index (χ2n) is 4.90. The first-order valence-electron chi connectivity index (χ1n) is 6.52. The van der Waals surface area contributed by atoms with E-state index in [0.717, 1.165) is 18.6 Å². The van der Waals surface area contributed by atoms with E-state index >= 15 is 0 Å². The van der Waals surface area contributed by atoms with Crippen LogP contribution in [0.4, 0.5) is 0 Å². The fourth-order valence-electron chi connectivity index (χ4n) is 2.36. The van der Waals surface area contributed by atoms with Gasteiger partial charge in [-0.25, -0.2) is 9.78 Å².